The standard InChI is InChI=1S/C12H18N4O2S2/c1-8-4-3-5-16(9(8)2)20(17,18)11-10(13)14-12-15(11)6-7-19-12/h6-9H,3-5,13H2,1-2H3. The predicted octanol–water partition coefficient (Wildman–Crippen LogP) is 1.79. The Morgan fingerprint density at radius 1 is 1.45 bits per heavy atom. The zero-order valence-corrected chi connectivity index (χ0v) is 13.1. The summed E-state index contributed by atoms with van der Waals surface area (Å²) in [5, 5.41) is 1.91. The van der Waals surface area contributed by atoms with Crippen LogP contribution in [-0.4, -0.2) is 34.7 Å². The van der Waals surface area contributed by atoms with Gasteiger partial charge >= 0.3 is 0 Å². The maximum absolute atomic E-state index is 12.9. The van der Waals surface area contributed by atoms with Crippen LogP contribution in [0.5, 0.6) is 0 Å². The number of anilines is 1. The van der Waals surface area contributed by atoms with Crippen LogP contribution in [0.4, 0.5) is 5.82 Å². The molecule has 2 aromatic rings. The topological polar surface area (TPSA) is 80.7 Å². The molecule has 0 saturated carbocycles. The second kappa shape index (κ2) is 4.71. The van der Waals surface area contributed by atoms with Gasteiger partial charge in [-0.05, 0) is 25.7 Å². The van der Waals surface area contributed by atoms with Crippen molar-refractivity contribution in [3.63, 3.8) is 0 Å². The molecule has 3 heterocycles. The molecule has 110 valence electrons. The van der Waals surface area contributed by atoms with Gasteiger partial charge < -0.3 is 5.73 Å². The van der Waals surface area contributed by atoms with E-state index in [4.69, 9.17) is 5.73 Å². The second-order valence-electron chi connectivity index (χ2n) is 5.33. The Kier molecular flexibility index (Phi) is 3.26. The number of nitrogens with zero attached hydrogens (tertiary/aromatic N) is 3. The van der Waals surface area contributed by atoms with Gasteiger partial charge in [0.2, 0.25) is 0 Å². The molecule has 1 fully saturated rings. The third-order valence-electron chi connectivity index (χ3n) is 4.11. The molecular formula is C12H18N4O2S2. The summed E-state index contributed by atoms with van der Waals surface area (Å²) in [6, 6.07) is -0.0164. The molecule has 2 atom stereocenters. The van der Waals surface area contributed by atoms with E-state index < -0.39 is 10.0 Å². The Labute approximate surface area is 122 Å². The third kappa shape index (κ3) is 1.94. The molecule has 8 heteroatoms. The lowest BCUT2D eigenvalue weighted by atomic mass is 9.94. The van der Waals surface area contributed by atoms with Crippen LogP contribution in [0.1, 0.15) is 26.7 Å². The van der Waals surface area contributed by atoms with Gasteiger partial charge in [-0.2, -0.15) is 4.31 Å². The van der Waals surface area contributed by atoms with E-state index in [9.17, 15) is 8.42 Å². The van der Waals surface area contributed by atoms with Gasteiger partial charge in [0.1, 0.15) is 0 Å². The van der Waals surface area contributed by atoms with Crippen LogP contribution in [0, 0.1) is 5.92 Å². The van der Waals surface area contributed by atoms with E-state index in [2.05, 4.69) is 11.9 Å². The molecule has 2 aromatic heterocycles. The Morgan fingerprint density at radius 2 is 2.20 bits per heavy atom. The van der Waals surface area contributed by atoms with E-state index in [-0.39, 0.29) is 16.9 Å². The predicted molar refractivity (Wildman–Crippen MR) is 79.2 cm³/mol. The van der Waals surface area contributed by atoms with E-state index >= 15 is 0 Å². The molecule has 6 nitrogen and oxygen atoms in total. The van der Waals surface area contributed by atoms with Gasteiger partial charge in [0.25, 0.3) is 10.0 Å². The number of fused-ring (bicyclic) bond motifs is 1. The molecule has 0 aromatic carbocycles. The maximum Gasteiger partial charge on any atom is 0.263 e. The summed E-state index contributed by atoms with van der Waals surface area (Å²) in [4.78, 5) is 4.74. The van der Waals surface area contributed by atoms with Crippen LogP contribution in [0.2, 0.25) is 0 Å². The first-order chi connectivity index (χ1) is 9.43. The summed E-state index contributed by atoms with van der Waals surface area (Å²) in [6.45, 7) is 4.60. The molecule has 0 amide bonds. The number of nitrogens with two attached hydrogens (primary N) is 1. The van der Waals surface area contributed by atoms with Gasteiger partial charge in [0.15, 0.2) is 15.8 Å². The number of imidazole rings is 1. The first-order valence-electron chi connectivity index (χ1n) is 6.66. The fourth-order valence-corrected chi connectivity index (χ4v) is 5.51. The second-order valence-corrected chi connectivity index (χ2v) is 8.01. The van der Waals surface area contributed by atoms with Crippen molar-refractivity contribution in [3.8, 4) is 0 Å². The minimum absolute atomic E-state index is 0.0164. The summed E-state index contributed by atoms with van der Waals surface area (Å²) >= 11 is 1.38. The van der Waals surface area contributed by atoms with Gasteiger partial charge in [0, 0.05) is 24.2 Å². The van der Waals surface area contributed by atoms with Gasteiger partial charge in [0.05, 0.1) is 0 Å². The molecule has 3 rings (SSSR count). The third-order valence-corrected chi connectivity index (χ3v) is 6.90. The highest BCUT2D eigenvalue weighted by Crippen LogP contribution is 2.32. The highest BCUT2D eigenvalue weighted by molar-refractivity contribution is 7.89. The maximum atomic E-state index is 12.9. The summed E-state index contributed by atoms with van der Waals surface area (Å²) < 4.78 is 29.0. The lowest BCUT2D eigenvalue weighted by Gasteiger charge is -2.36. The Balaban J connectivity index is 2.12. The quantitative estimate of drug-likeness (QED) is 0.916. The molecule has 20 heavy (non-hydrogen) atoms. The first kappa shape index (κ1) is 13.8. The van der Waals surface area contributed by atoms with Crippen molar-refractivity contribution in [1.29, 1.82) is 0 Å². The largest absolute Gasteiger partial charge is 0.381 e. The van der Waals surface area contributed by atoms with Gasteiger partial charge in [-0.15, -0.1) is 11.3 Å². The number of hydrogen-bond donors (Lipinski definition) is 1. The van der Waals surface area contributed by atoms with Crippen LogP contribution >= 0.6 is 11.3 Å². The minimum Gasteiger partial charge on any atom is -0.381 e. The van der Waals surface area contributed by atoms with Crippen molar-refractivity contribution in [1.82, 2.24) is 13.7 Å². The van der Waals surface area contributed by atoms with Gasteiger partial charge in [-0.25, -0.2) is 13.4 Å². The number of nitrogen functional groups attached to an aromatic ring is 1. The van der Waals surface area contributed by atoms with Crippen molar-refractivity contribution in [2.45, 2.75) is 37.8 Å². The average molecular weight is 314 g/mol. The highest BCUT2D eigenvalue weighted by atomic mass is 32.2. The summed E-state index contributed by atoms with van der Waals surface area (Å²) in [5.74, 6) is 0.438. The van der Waals surface area contributed by atoms with Crippen LogP contribution < -0.4 is 5.73 Å². The Morgan fingerprint density at radius 3 is 2.95 bits per heavy atom. The van der Waals surface area contributed by atoms with Gasteiger partial charge in [-0.1, -0.05) is 6.92 Å². The number of rotatable bonds is 2. The zero-order valence-electron chi connectivity index (χ0n) is 11.5. The van der Waals surface area contributed by atoms with Crippen LogP contribution in [0.3, 0.4) is 0 Å². The number of piperidine rings is 1. The van der Waals surface area contributed by atoms with Crippen molar-refractivity contribution < 1.29 is 8.42 Å². The number of sulfonamides is 1. The highest BCUT2D eigenvalue weighted by Gasteiger charge is 2.37. The molecule has 1 aliphatic heterocycles. The lowest BCUT2D eigenvalue weighted by molar-refractivity contribution is 0.202. The fourth-order valence-electron chi connectivity index (χ4n) is 2.79. The Hall–Kier alpha value is -1.12. The van der Waals surface area contributed by atoms with Crippen LogP contribution in [0.25, 0.3) is 4.96 Å². The average Bonchev–Trinajstić information content (AvgIpc) is 2.91. The normalized spacial score (nSPS) is 25.3. The first-order valence-corrected chi connectivity index (χ1v) is 8.97. The van der Waals surface area contributed by atoms with E-state index in [0.717, 1.165) is 12.8 Å². The molecule has 0 bridgehead atoms. The van der Waals surface area contributed by atoms with Crippen molar-refractivity contribution in [2.75, 3.05) is 12.3 Å². The molecule has 2 N–H and O–H groups in total. The molecule has 2 unspecified atom stereocenters. The summed E-state index contributed by atoms with van der Waals surface area (Å²) in [7, 11) is -3.61. The van der Waals surface area contributed by atoms with Crippen LogP contribution in [0.15, 0.2) is 16.6 Å². The SMILES string of the molecule is CC1CCCN(S(=O)(=O)c2c(N)nc3sccn23)C1C. The molecule has 0 aliphatic carbocycles. The van der Waals surface area contributed by atoms with Crippen LogP contribution in [-0.2, 0) is 10.0 Å². The monoisotopic (exact) mass is 314 g/mol. The molecule has 0 spiro atoms. The van der Waals surface area contributed by atoms with E-state index in [1.165, 1.54) is 11.3 Å². The molecular weight excluding hydrogens is 296 g/mol. The summed E-state index contributed by atoms with van der Waals surface area (Å²) in [6.07, 6.45) is 3.65. The lowest BCUT2D eigenvalue weighted by Crippen LogP contribution is -2.46. The summed E-state index contributed by atoms with van der Waals surface area (Å²) in [5.41, 5.74) is 5.84. The minimum atomic E-state index is -3.61. The molecule has 1 saturated heterocycles. The number of thiazole rings is 1. The van der Waals surface area contributed by atoms with Gasteiger partial charge in [-0.3, -0.25) is 4.40 Å². The van der Waals surface area contributed by atoms with E-state index in [0.29, 0.717) is 17.4 Å². The number of hydrogen-bond acceptors (Lipinski definition) is 5. The molecule has 0 radical (unpaired) electrons. The molecule has 1 aliphatic rings. The van der Waals surface area contributed by atoms with E-state index in [1.807, 2.05) is 12.3 Å². The number of aromatic nitrogens is 2. The van der Waals surface area contributed by atoms with Crippen molar-refractivity contribution in [2.24, 2.45) is 5.92 Å². The zero-order chi connectivity index (χ0) is 14.5. The van der Waals surface area contributed by atoms with Crippen molar-refractivity contribution >= 4 is 32.1 Å². The Bertz CT molecular complexity index is 734. The van der Waals surface area contributed by atoms with Crippen molar-refractivity contribution in [3.05, 3.63) is 11.6 Å². The van der Waals surface area contributed by atoms with E-state index in [1.54, 1.807) is 14.9 Å². The smallest absolute Gasteiger partial charge is 0.263 e. The fraction of sp³-hybridized carbons (Fsp3) is 0.583.